The molecule has 0 saturated heterocycles. The number of unbranched alkanes of at least 4 members (excludes halogenated alkanes) is 2. The van der Waals surface area contributed by atoms with E-state index in [1.54, 1.807) is 6.07 Å². The second-order valence-electron chi connectivity index (χ2n) is 5.25. The number of hydrogen-bond donors (Lipinski definition) is 1. The highest BCUT2D eigenvalue weighted by molar-refractivity contribution is 6.37. The van der Waals surface area contributed by atoms with Crippen molar-refractivity contribution in [2.24, 2.45) is 0 Å². The van der Waals surface area contributed by atoms with Gasteiger partial charge >= 0.3 is 0 Å². The highest BCUT2D eigenvalue weighted by atomic mass is 35.5. The summed E-state index contributed by atoms with van der Waals surface area (Å²) in [5, 5.41) is 4.49. The molecule has 0 amide bonds. The number of nitrogens with one attached hydrogen (secondary N) is 1. The van der Waals surface area contributed by atoms with Crippen LogP contribution in [-0.4, -0.2) is 24.6 Å². The molecule has 1 aromatic rings. The number of pyridine rings is 1. The van der Waals surface area contributed by atoms with Crippen LogP contribution in [0.15, 0.2) is 6.07 Å². The average Bonchev–Trinajstić information content (AvgIpc) is 2.47. The third-order valence-electron chi connectivity index (χ3n) is 3.32. The van der Waals surface area contributed by atoms with Gasteiger partial charge in [0.25, 0.3) is 0 Å². The number of halogens is 2. The number of hydrogen-bond acceptors (Lipinski definition) is 3. The zero-order valence-corrected chi connectivity index (χ0v) is 14.9. The highest BCUT2D eigenvalue weighted by Crippen LogP contribution is 2.31. The Morgan fingerprint density at radius 1 is 1.00 bits per heavy atom. The summed E-state index contributed by atoms with van der Waals surface area (Å²) >= 11 is 12.6. The molecule has 0 saturated carbocycles. The van der Waals surface area contributed by atoms with E-state index < -0.39 is 0 Å². The van der Waals surface area contributed by atoms with Crippen LogP contribution < -0.4 is 10.2 Å². The Hall–Kier alpha value is -0.670. The quantitative estimate of drug-likeness (QED) is 0.603. The van der Waals surface area contributed by atoms with Crippen LogP contribution in [-0.2, 0) is 0 Å². The topological polar surface area (TPSA) is 28.2 Å². The summed E-state index contributed by atoms with van der Waals surface area (Å²) in [6, 6.07) is 1.80. The minimum Gasteiger partial charge on any atom is -0.369 e. The van der Waals surface area contributed by atoms with E-state index in [2.05, 4.69) is 36.0 Å². The third kappa shape index (κ3) is 5.91. The summed E-state index contributed by atoms with van der Waals surface area (Å²) in [6.45, 7) is 9.34. The summed E-state index contributed by atoms with van der Waals surface area (Å²) in [5.41, 5.74) is 0. The molecule has 0 bridgehead atoms. The van der Waals surface area contributed by atoms with Gasteiger partial charge in [0, 0.05) is 19.6 Å². The fourth-order valence-electron chi connectivity index (χ4n) is 2.07. The van der Waals surface area contributed by atoms with Crippen molar-refractivity contribution in [3.8, 4) is 0 Å². The van der Waals surface area contributed by atoms with Gasteiger partial charge in [-0.1, -0.05) is 56.8 Å². The van der Waals surface area contributed by atoms with Crippen LogP contribution in [0.5, 0.6) is 0 Å². The maximum Gasteiger partial charge on any atom is 0.149 e. The molecule has 1 rings (SSSR count). The van der Waals surface area contributed by atoms with Crippen molar-refractivity contribution in [3.63, 3.8) is 0 Å². The van der Waals surface area contributed by atoms with E-state index in [-0.39, 0.29) is 0 Å². The van der Waals surface area contributed by atoms with Gasteiger partial charge in [-0.25, -0.2) is 4.98 Å². The van der Waals surface area contributed by atoms with Crippen LogP contribution in [0, 0.1) is 0 Å². The molecular weight excluding hydrogens is 305 g/mol. The van der Waals surface area contributed by atoms with Crippen molar-refractivity contribution in [1.29, 1.82) is 0 Å². The maximum atomic E-state index is 6.37. The number of anilines is 2. The van der Waals surface area contributed by atoms with E-state index in [1.807, 2.05) is 0 Å². The fourth-order valence-corrected chi connectivity index (χ4v) is 2.61. The van der Waals surface area contributed by atoms with Crippen molar-refractivity contribution in [1.82, 2.24) is 4.98 Å². The van der Waals surface area contributed by atoms with Crippen molar-refractivity contribution in [2.45, 2.75) is 52.9 Å². The Kier molecular flexibility index (Phi) is 8.86. The molecule has 0 fully saturated rings. The van der Waals surface area contributed by atoms with Gasteiger partial charge in [0.15, 0.2) is 0 Å². The van der Waals surface area contributed by atoms with Gasteiger partial charge in [0.1, 0.15) is 11.6 Å². The molecule has 3 nitrogen and oxygen atoms in total. The molecule has 0 radical (unpaired) electrons. The van der Waals surface area contributed by atoms with Gasteiger partial charge < -0.3 is 10.2 Å². The molecule has 0 aliphatic carbocycles. The number of nitrogens with zero attached hydrogens (tertiary/aromatic N) is 2. The molecule has 21 heavy (non-hydrogen) atoms. The van der Waals surface area contributed by atoms with Gasteiger partial charge in [-0.15, -0.1) is 0 Å². The van der Waals surface area contributed by atoms with Crippen molar-refractivity contribution >= 4 is 34.8 Å². The Morgan fingerprint density at radius 2 is 1.62 bits per heavy atom. The molecule has 0 aliphatic rings. The monoisotopic (exact) mass is 331 g/mol. The van der Waals surface area contributed by atoms with Gasteiger partial charge in [0.2, 0.25) is 0 Å². The third-order valence-corrected chi connectivity index (χ3v) is 3.88. The van der Waals surface area contributed by atoms with Crippen molar-refractivity contribution in [3.05, 3.63) is 16.1 Å². The minimum absolute atomic E-state index is 0.586. The number of aromatic nitrogens is 1. The Bertz CT molecular complexity index is 416. The smallest absolute Gasteiger partial charge is 0.149 e. The van der Waals surface area contributed by atoms with Crippen LogP contribution in [0.3, 0.4) is 0 Å². The summed E-state index contributed by atoms with van der Waals surface area (Å²) in [5.74, 6) is 1.58. The van der Waals surface area contributed by atoms with Crippen LogP contribution in [0.4, 0.5) is 11.6 Å². The van der Waals surface area contributed by atoms with E-state index >= 15 is 0 Å². The predicted octanol–water partition coefficient (Wildman–Crippen LogP) is 5.62. The first-order valence-electron chi connectivity index (χ1n) is 7.98. The lowest BCUT2D eigenvalue weighted by Crippen LogP contribution is -2.27. The lowest BCUT2D eigenvalue weighted by Gasteiger charge is -2.25. The second-order valence-corrected chi connectivity index (χ2v) is 6.06. The molecule has 5 heteroatoms. The Labute approximate surface area is 139 Å². The fraction of sp³-hybridized carbons (Fsp3) is 0.688. The summed E-state index contributed by atoms with van der Waals surface area (Å²) < 4.78 is 0. The molecule has 0 aliphatic heterocycles. The predicted molar refractivity (Wildman–Crippen MR) is 95.1 cm³/mol. The van der Waals surface area contributed by atoms with Gasteiger partial charge in [-0.3, -0.25) is 0 Å². The van der Waals surface area contributed by atoms with E-state index in [0.29, 0.717) is 10.0 Å². The lowest BCUT2D eigenvalue weighted by molar-refractivity contribution is 0.671. The summed E-state index contributed by atoms with van der Waals surface area (Å²) in [4.78, 5) is 6.95. The van der Waals surface area contributed by atoms with Gasteiger partial charge in [-0.05, 0) is 25.3 Å². The number of rotatable bonds is 10. The van der Waals surface area contributed by atoms with Crippen LogP contribution >= 0.6 is 23.2 Å². The molecule has 0 atom stereocenters. The summed E-state index contributed by atoms with van der Waals surface area (Å²) in [6.07, 6.45) is 5.64. The molecule has 1 N–H and O–H groups in total. The molecule has 0 spiro atoms. The zero-order chi connectivity index (χ0) is 15.7. The Morgan fingerprint density at radius 3 is 2.14 bits per heavy atom. The molecule has 1 aromatic heterocycles. The normalized spacial score (nSPS) is 10.7. The van der Waals surface area contributed by atoms with Crippen molar-refractivity contribution < 1.29 is 0 Å². The summed E-state index contributed by atoms with van der Waals surface area (Å²) in [7, 11) is 0. The molecule has 1 heterocycles. The highest BCUT2D eigenvalue weighted by Gasteiger charge is 2.15. The van der Waals surface area contributed by atoms with Crippen molar-refractivity contribution in [2.75, 3.05) is 29.9 Å². The van der Waals surface area contributed by atoms with Crippen LogP contribution in [0.1, 0.15) is 52.9 Å². The first-order valence-corrected chi connectivity index (χ1v) is 8.74. The van der Waals surface area contributed by atoms with Crippen LogP contribution in [0.2, 0.25) is 10.0 Å². The first-order chi connectivity index (χ1) is 10.1. The van der Waals surface area contributed by atoms with Crippen LogP contribution in [0.25, 0.3) is 0 Å². The van der Waals surface area contributed by atoms with E-state index in [9.17, 15) is 0 Å². The van der Waals surface area contributed by atoms with E-state index in [1.165, 1.54) is 0 Å². The molecule has 0 unspecified atom stereocenters. The molecular formula is C16H27Cl2N3. The zero-order valence-electron chi connectivity index (χ0n) is 13.4. The molecule has 0 aromatic carbocycles. The largest absolute Gasteiger partial charge is 0.369 e. The maximum absolute atomic E-state index is 6.37. The lowest BCUT2D eigenvalue weighted by atomic mass is 10.2. The van der Waals surface area contributed by atoms with E-state index in [0.717, 1.165) is 63.4 Å². The standard InChI is InChI=1S/C16H27Cl2N3/c1-4-7-10-21(11-8-5-2)16-14(18)12-13(17)15(20-16)19-9-6-3/h12H,4-11H2,1-3H3,(H,19,20). The average molecular weight is 332 g/mol. The SMILES string of the molecule is CCCCN(CCCC)c1nc(NCCC)c(Cl)cc1Cl. The minimum atomic E-state index is 0.586. The van der Waals surface area contributed by atoms with E-state index in [4.69, 9.17) is 23.2 Å². The Balaban J connectivity index is 2.98. The van der Waals surface area contributed by atoms with Gasteiger partial charge in [-0.2, -0.15) is 0 Å². The molecule has 120 valence electrons. The second kappa shape index (κ2) is 10.1. The van der Waals surface area contributed by atoms with Gasteiger partial charge in [0.05, 0.1) is 10.0 Å². The first kappa shape index (κ1) is 18.4.